The van der Waals surface area contributed by atoms with E-state index in [0.717, 1.165) is 0 Å². The van der Waals surface area contributed by atoms with E-state index < -0.39 is 11.4 Å². The van der Waals surface area contributed by atoms with Crippen LogP contribution in [0.15, 0.2) is 18.3 Å². The molecule has 0 atom stereocenters. The largest absolute Gasteiger partial charge is 0.474 e. The number of ether oxygens (including phenoxy) is 1. The minimum atomic E-state index is -0.889. The van der Waals surface area contributed by atoms with Crippen molar-refractivity contribution in [3.8, 4) is 23.1 Å². The summed E-state index contributed by atoms with van der Waals surface area (Å²) in [5, 5.41) is 16.1. The number of halogens is 1. The third-order valence-corrected chi connectivity index (χ3v) is 4.08. The SMILES string of the molecule is Cn1nccc1-c1c(F)cc2c(c1C#N)OC1(CC1)C(=O)N2. The first-order valence-electron chi connectivity index (χ1n) is 6.81. The van der Waals surface area contributed by atoms with Crippen molar-refractivity contribution in [1.82, 2.24) is 9.78 Å². The summed E-state index contributed by atoms with van der Waals surface area (Å²) in [6.45, 7) is 0. The third kappa shape index (κ3) is 1.58. The molecule has 2 heterocycles. The maximum absolute atomic E-state index is 14.5. The molecule has 7 heteroatoms. The molecular formula is C15H11FN4O2. The van der Waals surface area contributed by atoms with Gasteiger partial charge in [-0.25, -0.2) is 4.39 Å². The van der Waals surface area contributed by atoms with Crippen LogP contribution in [0, 0.1) is 17.1 Å². The van der Waals surface area contributed by atoms with Gasteiger partial charge >= 0.3 is 0 Å². The second-order valence-corrected chi connectivity index (χ2v) is 5.49. The Hall–Kier alpha value is -2.88. The van der Waals surface area contributed by atoms with Crippen LogP contribution in [0.5, 0.6) is 5.75 Å². The highest BCUT2D eigenvalue weighted by atomic mass is 19.1. The molecule has 110 valence electrons. The smallest absolute Gasteiger partial charge is 0.268 e. The predicted molar refractivity (Wildman–Crippen MR) is 74.5 cm³/mol. The Morgan fingerprint density at radius 3 is 2.91 bits per heavy atom. The molecule has 4 rings (SSSR count). The standard InChI is InChI=1S/C15H11FN4O2/c1-20-11(2-5-18-20)12-8(7-17)13-10(6-9(12)16)19-14(21)15(22-13)3-4-15/h2,5-6H,3-4H2,1H3,(H,19,21). The first-order chi connectivity index (χ1) is 10.6. The fourth-order valence-corrected chi connectivity index (χ4v) is 2.73. The lowest BCUT2D eigenvalue weighted by atomic mass is 10.0. The van der Waals surface area contributed by atoms with E-state index in [4.69, 9.17) is 4.74 Å². The molecule has 1 aromatic heterocycles. The maximum atomic E-state index is 14.5. The van der Waals surface area contributed by atoms with E-state index in [9.17, 15) is 14.4 Å². The molecule has 0 bridgehead atoms. The van der Waals surface area contributed by atoms with Gasteiger partial charge in [0.05, 0.1) is 16.9 Å². The van der Waals surface area contributed by atoms with Gasteiger partial charge in [-0.1, -0.05) is 0 Å². The van der Waals surface area contributed by atoms with Crippen LogP contribution in [0.3, 0.4) is 0 Å². The van der Waals surface area contributed by atoms with E-state index in [1.54, 1.807) is 13.1 Å². The van der Waals surface area contributed by atoms with Gasteiger partial charge in [0.15, 0.2) is 11.4 Å². The van der Waals surface area contributed by atoms with Crippen LogP contribution < -0.4 is 10.1 Å². The number of rotatable bonds is 1. The highest BCUT2D eigenvalue weighted by molar-refractivity contribution is 6.03. The van der Waals surface area contributed by atoms with Crippen LogP contribution in [0.4, 0.5) is 10.1 Å². The van der Waals surface area contributed by atoms with Crippen molar-refractivity contribution in [2.45, 2.75) is 18.4 Å². The van der Waals surface area contributed by atoms with Crippen LogP contribution >= 0.6 is 0 Å². The number of aryl methyl sites for hydroxylation is 1. The molecule has 1 aliphatic carbocycles. The lowest BCUT2D eigenvalue weighted by Crippen LogP contribution is -2.39. The number of amides is 1. The minimum Gasteiger partial charge on any atom is -0.474 e. The van der Waals surface area contributed by atoms with Gasteiger partial charge in [0.2, 0.25) is 0 Å². The number of nitrogens with one attached hydrogen (secondary N) is 1. The van der Waals surface area contributed by atoms with Crippen LogP contribution in [0.2, 0.25) is 0 Å². The summed E-state index contributed by atoms with van der Waals surface area (Å²) in [6, 6.07) is 4.81. The van der Waals surface area contributed by atoms with Crippen LogP contribution in [0.25, 0.3) is 11.3 Å². The number of fused-ring (bicyclic) bond motifs is 1. The molecule has 0 radical (unpaired) electrons. The zero-order valence-corrected chi connectivity index (χ0v) is 11.7. The van der Waals surface area contributed by atoms with Gasteiger partial charge in [0.1, 0.15) is 17.4 Å². The topological polar surface area (TPSA) is 79.9 Å². The Balaban J connectivity index is 1.98. The van der Waals surface area contributed by atoms with Gasteiger partial charge in [-0.15, -0.1) is 0 Å². The van der Waals surface area contributed by atoms with Gasteiger partial charge in [-0.05, 0) is 6.07 Å². The van der Waals surface area contributed by atoms with E-state index >= 15 is 0 Å². The molecule has 2 aromatic rings. The predicted octanol–water partition coefficient (Wildman–Crippen LogP) is 1.96. The van der Waals surface area contributed by atoms with Crippen molar-refractivity contribution < 1.29 is 13.9 Å². The van der Waals surface area contributed by atoms with Crippen molar-refractivity contribution in [3.63, 3.8) is 0 Å². The maximum Gasteiger partial charge on any atom is 0.268 e. The van der Waals surface area contributed by atoms with Gasteiger partial charge in [0.25, 0.3) is 5.91 Å². The molecule has 1 saturated carbocycles. The van der Waals surface area contributed by atoms with Crippen LogP contribution in [-0.4, -0.2) is 21.3 Å². The summed E-state index contributed by atoms with van der Waals surface area (Å²) in [5.74, 6) is -0.650. The molecular weight excluding hydrogens is 287 g/mol. The second kappa shape index (κ2) is 4.07. The summed E-state index contributed by atoms with van der Waals surface area (Å²) in [4.78, 5) is 12.0. The fourth-order valence-electron chi connectivity index (χ4n) is 2.73. The zero-order valence-electron chi connectivity index (χ0n) is 11.7. The summed E-state index contributed by atoms with van der Waals surface area (Å²) in [6.07, 6.45) is 2.73. The van der Waals surface area contributed by atoms with Crippen LogP contribution in [-0.2, 0) is 11.8 Å². The van der Waals surface area contributed by atoms with Crippen molar-refractivity contribution in [2.75, 3.05) is 5.32 Å². The van der Waals surface area contributed by atoms with Crippen molar-refractivity contribution in [1.29, 1.82) is 5.26 Å². The number of aromatic nitrogens is 2. The molecule has 1 N–H and O–H groups in total. The first-order valence-corrected chi connectivity index (χ1v) is 6.81. The normalized spacial score (nSPS) is 17.4. The number of hydrogen-bond acceptors (Lipinski definition) is 4. The zero-order chi connectivity index (χ0) is 15.5. The third-order valence-electron chi connectivity index (χ3n) is 4.08. The molecule has 1 spiro atoms. The Morgan fingerprint density at radius 1 is 1.55 bits per heavy atom. The Kier molecular flexibility index (Phi) is 2.37. The highest BCUT2D eigenvalue weighted by Gasteiger charge is 2.56. The Labute approximate surface area is 125 Å². The number of benzene rings is 1. The monoisotopic (exact) mass is 298 g/mol. The van der Waals surface area contributed by atoms with E-state index in [2.05, 4.69) is 10.4 Å². The van der Waals surface area contributed by atoms with E-state index in [1.807, 2.05) is 6.07 Å². The van der Waals surface area contributed by atoms with E-state index in [-0.39, 0.29) is 28.5 Å². The lowest BCUT2D eigenvalue weighted by molar-refractivity contribution is -0.125. The van der Waals surface area contributed by atoms with Gasteiger partial charge in [-0.3, -0.25) is 9.48 Å². The first kappa shape index (κ1) is 12.8. The molecule has 0 unspecified atom stereocenters. The molecule has 1 aliphatic heterocycles. The number of carbonyl (C=O) groups excluding carboxylic acids is 1. The van der Waals surface area contributed by atoms with Crippen LogP contribution in [0.1, 0.15) is 18.4 Å². The fraction of sp³-hybridized carbons (Fsp3) is 0.267. The van der Waals surface area contributed by atoms with Gasteiger partial charge in [-0.2, -0.15) is 10.4 Å². The summed E-state index contributed by atoms with van der Waals surface area (Å²) < 4.78 is 21.8. The molecule has 1 amide bonds. The van der Waals surface area contributed by atoms with Gasteiger partial charge < -0.3 is 10.1 Å². The molecule has 1 fully saturated rings. The van der Waals surface area contributed by atoms with Crippen molar-refractivity contribution in [3.05, 3.63) is 29.7 Å². The van der Waals surface area contributed by atoms with E-state index in [1.165, 1.54) is 16.9 Å². The Morgan fingerprint density at radius 2 is 2.32 bits per heavy atom. The molecule has 1 aromatic carbocycles. The Bertz CT molecular complexity index is 861. The average molecular weight is 298 g/mol. The lowest BCUT2D eigenvalue weighted by Gasteiger charge is -2.27. The number of anilines is 1. The van der Waals surface area contributed by atoms with E-state index in [0.29, 0.717) is 18.5 Å². The number of nitrogens with zero attached hydrogens (tertiary/aromatic N) is 3. The molecule has 6 nitrogen and oxygen atoms in total. The number of nitriles is 1. The summed E-state index contributed by atoms with van der Waals surface area (Å²) in [7, 11) is 1.67. The summed E-state index contributed by atoms with van der Waals surface area (Å²) in [5.41, 5.74) is -0.0112. The summed E-state index contributed by atoms with van der Waals surface area (Å²) >= 11 is 0. The quantitative estimate of drug-likeness (QED) is 0.872. The molecule has 22 heavy (non-hydrogen) atoms. The minimum absolute atomic E-state index is 0.0740. The molecule has 2 aliphatic rings. The second-order valence-electron chi connectivity index (χ2n) is 5.49. The average Bonchev–Trinajstić information content (AvgIpc) is 3.14. The number of carbonyl (C=O) groups is 1. The number of hydrogen-bond donors (Lipinski definition) is 1. The molecule has 0 saturated heterocycles. The highest BCUT2D eigenvalue weighted by Crippen LogP contribution is 2.50. The van der Waals surface area contributed by atoms with Gasteiger partial charge in [0, 0.05) is 32.2 Å². The van der Waals surface area contributed by atoms with Crippen molar-refractivity contribution >= 4 is 11.6 Å². The van der Waals surface area contributed by atoms with Crippen molar-refractivity contribution in [2.24, 2.45) is 7.05 Å².